The van der Waals surface area contributed by atoms with Gasteiger partial charge in [0.25, 0.3) is 11.8 Å². The molecule has 0 aliphatic carbocycles. The van der Waals surface area contributed by atoms with Gasteiger partial charge in [-0.05, 0) is 23.8 Å². The van der Waals surface area contributed by atoms with Crippen LogP contribution in [0.4, 0.5) is 8.78 Å². The minimum Gasteiger partial charge on any atom is -0.338 e. The molecule has 0 N–H and O–H groups in total. The van der Waals surface area contributed by atoms with Gasteiger partial charge in [-0.1, -0.05) is 12.1 Å². The molecule has 1 amide bonds. The van der Waals surface area contributed by atoms with Gasteiger partial charge in [0, 0.05) is 49.5 Å². The van der Waals surface area contributed by atoms with Gasteiger partial charge in [0.15, 0.2) is 5.65 Å². The molecule has 3 aromatic rings. The van der Waals surface area contributed by atoms with Crippen molar-refractivity contribution in [3.05, 3.63) is 54.5 Å². The lowest BCUT2D eigenvalue weighted by atomic mass is 10.0. The minimum absolute atomic E-state index is 0.0777. The molecule has 1 aliphatic heterocycles. The maximum atomic E-state index is 13.3. The highest BCUT2D eigenvalue weighted by molar-refractivity contribution is 5.96. The van der Waals surface area contributed by atoms with Gasteiger partial charge >= 0.3 is 0 Å². The molecule has 1 saturated heterocycles. The summed E-state index contributed by atoms with van der Waals surface area (Å²) in [6.07, 6.45) is 4.62. The number of hydrogen-bond acceptors (Lipinski definition) is 3. The van der Waals surface area contributed by atoms with Crippen LogP contribution in [0.15, 0.2) is 48.9 Å². The monoisotopic (exact) mass is 342 g/mol. The summed E-state index contributed by atoms with van der Waals surface area (Å²) in [6, 6.07) is 8.93. The summed E-state index contributed by atoms with van der Waals surface area (Å²) in [5.74, 6) is -2.89. The van der Waals surface area contributed by atoms with Crippen LogP contribution in [0.2, 0.25) is 0 Å². The Bertz CT molecular complexity index is 927. The van der Waals surface area contributed by atoms with Crippen LogP contribution >= 0.6 is 0 Å². The number of carbonyl (C=O) groups excluding carboxylic acids is 1. The van der Waals surface area contributed by atoms with Crippen LogP contribution in [0.25, 0.3) is 16.8 Å². The SMILES string of the molecule is O=C(c1cccc(-c2cnn3cccnc23)c1)N1CCC(F)(F)CC1. The fourth-order valence-corrected chi connectivity index (χ4v) is 3.07. The molecule has 25 heavy (non-hydrogen) atoms. The van der Waals surface area contributed by atoms with E-state index in [0.717, 1.165) is 11.1 Å². The zero-order valence-electron chi connectivity index (χ0n) is 13.4. The third-order valence-corrected chi connectivity index (χ3v) is 4.48. The fourth-order valence-electron chi connectivity index (χ4n) is 3.07. The molecule has 0 atom stereocenters. The number of alkyl halides is 2. The van der Waals surface area contributed by atoms with Crippen LogP contribution in [0, 0.1) is 0 Å². The van der Waals surface area contributed by atoms with Crippen LogP contribution in [0.3, 0.4) is 0 Å². The number of carbonyl (C=O) groups is 1. The van der Waals surface area contributed by atoms with E-state index < -0.39 is 5.92 Å². The smallest absolute Gasteiger partial charge is 0.253 e. The van der Waals surface area contributed by atoms with Crippen molar-refractivity contribution < 1.29 is 13.6 Å². The Morgan fingerprint density at radius 2 is 1.96 bits per heavy atom. The molecule has 0 bridgehead atoms. The van der Waals surface area contributed by atoms with E-state index in [0.29, 0.717) is 11.2 Å². The summed E-state index contributed by atoms with van der Waals surface area (Å²) < 4.78 is 28.2. The molecule has 1 aromatic carbocycles. The van der Waals surface area contributed by atoms with Gasteiger partial charge < -0.3 is 4.90 Å². The average Bonchev–Trinajstić information content (AvgIpc) is 3.05. The molecule has 0 saturated carbocycles. The van der Waals surface area contributed by atoms with Crippen molar-refractivity contribution in [3.8, 4) is 11.1 Å². The van der Waals surface area contributed by atoms with E-state index in [4.69, 9.17) is 0 Å². The first kappa shape index (κ1) is 15.7. The molecule has 0 unspecified atom stereocenters. The molecule has 7 heteroatoms. The number of benzene rings is 1. The minimum atomic E-state index is -2.67. The number of halogens is 2. The lowest BCUT2D eigenvalue weighted by Crippen LogP contribution is -2.42. The van der Waals surface area contributed by atoms with Crippen molar-refractivity contribution in [1.29, 1.82) is 0 Å². The van der Waals surface area contributed by atoms with E-state index >= 15 is 0 Å². The standard InChI is InChI=1S/C18H16F2N4O/c19-18(20)5-9-23(10-6-18)17(25)14-4-1-3-13(11-14)15-12-22-24-8-2-7-21-16(15)24/h1-4,7-8,11-12H,5-6,9-10H2. The van der Waals surface area contributed by atoms with Crippen molar-refractivity contribution in [3.63, 3.8) is 0 Å². The van der Waals surface area contributed by atoms with Crippen LogP contribution in [0.1, 0.15) is 23.2 Å². The predicted molar refractivity (Wildman–Crippen MR) is 88.5 cm³/mol. The van der Waals surface area contributed by atoms with E-state index in [9.17, 15) is 13.6 Å². The molecule has 0 radical (unpaired) electrons. The van der Waals surface area contributed by atoms with Crippen molar-refractivity contribution in [2.45, 2.75) is 18.8 Å². The maximum absolute atomic E-state index is 13.3. The lowest BCUT2D eigenvalue weighted by molar-refractivity contribution is -0.0494. The summed E-state index contributed by atoms with van der Waals surface area (Å²) in [6.45, 7) is 0.155. The van der Waals surface area contributed by atoms with E-state index in [1.807, 2.05) is 6.07 Å². The maximum Gasteiger partial charge on any atom is 0.253 e. The van der Waals surface area contributed by atoms with Gasteiger partial charge in [0.1, 0.15) is 0 Å². The highest BCUT2D eigenvalue weighted by Crippen LogP contribution is 2.29. The number of likely N-dealkylation sites (tertiary alicyclic amines) is 1. The first-order valence-electron chi connectivity index (χ1n) is 8.09. The summed E-state index contributed by atoms with van der Waals surface area (Å²) in [7, 11) is 0. The molecule has 1 fully saturated rings. The summed E-state index contributed by atoms with van der Waals surface area (Å²) in [5.41, 5.74) is 2.82. The van der Waals surface area contributed by atoms with Gasteiger partial charge in [0.2, 0.25) is 0 Å². The number of fused-ring (bicyclic) bond motifs is 1. The second kappa shape index (κ2) is 5.91. The molecular formula is C18H16F2N4O. The highest BCUT2D eigenvalue weighted by atomic mass is 19.3. The van der Waals surface area contributed by atoms with E-state index in [1.165, 1.54) is 4.90 Å². The Kier molecular flexibility index (Phi) is 3.71. The Morgan fingerprint density at radius 3 is 2.76 bits per heavy atom. The molecule has 1 aliphatic rings. The Morgan fingerprint density at radius 1 is 1.16 bits per heavy atom. The van der Waals surface area contributed by atoms with Gasteiger partial charge in [-0.15, -0.1) is 0 Å². The number of hydrogen-bond donors (Lipinski definition) is 0. The topological polar surface area (TPSA) is 50.5 Å². The predicted octanol–water partition coefficient (Wildman–Crippen LogP) is 3.27. The molecule has 3 heterocycles. The normalized spacial score (nSPS) is 17.0. The van der Waals surface area contributed by atoms with E-state index in [1.54, 1.807) is 47.4 Å². The summed E-state index contributed by atoms with van der Waals surface area (Å²) >= 11 is 0. The third kappa shape index (κ3) is 2.97. The number of piperidine rings is 1. The van der Waals surface area contributed by atoms with Crippen molar-refractivity contribution in [2.75, 3.05) is 13.1 Å². The second-order valence-electron chi connectivity index (χ2n) is 6.18. The first-order valence-corrected chi connectivity index (χ1v) is 8.09. The Balaban J connectivity index is 1.63. The zero-order valence-corrected chi connectivity index (χ0v) is 13.4. The fraction of sp³-hybridized carbons (Fsp3) is 0.278. The van der Waals surface area contributed by atoms with Crippen LogP contribution in [0.5, 0.6) is 0 Å². The van der Waals surface area contributed by atoms with E-state index in [2.05, 4.69) is 10.1 Å². The Hall–Kier alpha value is -2.83. The van der Waals surface area contributed by atoms with Gasteiger partial charge in [-0.25, -0.2) is 18.3 Å². The molecular weight excluding hydrogens is 326 g/mol. The number of nitrogens with zero attached hydrogens (tertiary/aromatic N) is 4. The first-order chi connectivity index (χ1) is 12.0. The van der Waals surface area contributed by atoms with Crippen LogP contribution < -0.4 is 0 Å². The molecule has 2 aromatic heterocycles. The molecule has 128 valence electrons. The van der Waals surface area contributed by atoms with Gasteiger partial charge in [-0.2, -0.15) is 5.10 Å². The average molecular weight is 342 g/mol. The number of amides is 1. The number of aromatic nitrogens is 3. The van der Waals surface area contributed by atoms with Gasteiger partial charge in [-0.3, -0.25) is 4.79 Å². The lowest BCUT2D eigenvalue weighted by Gasteiger charge is -2.31. The molecule has 4 rings (SSSR count). The zero-order chi connectivity index (χ0) is 17.4. The number of rotatable bonds is 2. The van der Waals surface area contributed by atoms with Crippen molar-refractivity contribution >= 4 is 11.6 Å². The van der Waals surface area contributed by atoms with E-state index in [-0.39, 0.29) is 31.8 Å². The highest BCUT2D eigenvalue weighted by Gasteiger charge is 2.35. The van der Waals surface area contributed by atoms with Crippen LogP contribution in [-0.4, -0.2) is 44.4 Å². The summed E-state index contributed by atoms with van der Waals surface area (Å²) in [5, 5.41) is 4.25. The van der Waals surface area contributed by atoms with Crippen LogP contribution in [-0.2, 0) is 0 Å². The second-order valence-corrected chi connectivity index (χ2v) is 6.18. The molecule has 0 spiro atoms. The largest absolute Gasteiger partial charge is 0.338 e. The van der Waals surface area contributed by atoms with Crippen molar-refractivity contribution in [1.82, 2.24) is 19.5 Å². The molecule has 5 nitrogen and oxygen atoms in total. The quantitative estimate of drug-likeness (QED) is 0.718. The Labute approximate surface area is 142 Å². The third-order valence-electron chi connectivity index (χ3n) is 4.48. The van der Waals surface area contributed by atoms with Gasteiger partial charge in [0.05, 0.1) is 6.20 Å². The van der Waals surface area contributed by atoms with Crippen molar-refractivity contribution in [2.24, 2.45) is 0 Å². The summed E-state index contributed by atoms with van der Waals surface area (Å²) in [4.78, 5) is 18.5.